The lowest BCUT2D eigenvalue weighted by Crippen LogP contribution is -2.51. The van der Waals surface area contributed by atoms with Crippen molar-refractivity contribution in [1.82, 2.24) is 10.2 Å². The molecule has 154 valence electrons. The number of fused-ring (bicyclic) bond motifs is 1. The molecule has 1 saturated heterocycles. The molecule has 2 aromatic rings. The zero-order chi connectivity index (χ0) is 20.1. The summed E-state index contributed by atoms with van der Waals surface area (Å²) in [6.45, 7) is 3.66. The van der Waals surface area contributed by atoms with Gasteiger partial charge in [0.15, 0.2) is 11.5 Å². The number of carbonyl (C=O) groups excluding carboxylic acids is 1. The van der Waals surface area contributed by atoms with Crippen LogP contribution in [0.2, 0.25) is 0 Å². The number of ether oxygens (including phenoxy) is 3. The van der Waals surface area contributed by atoms with Crippen LogP contribution in [0.1, 0.15) is 23.7 Å². The Morgan fingerprint density at radius 2 is 1.86 bits per heavy atom. The monoisotopic (exact) mass is 398 g/mol. The number of likely N-dealkylation sites (tertiary alicyclic amines) is 1. The van der Waals surface area contributed by atoms with E-state index in [4.69, 9.17) is 14.2 Å². The van der Waals surface area contributed by atoms with Crippen molar-refractivity contribution in [1.29, 1.82) is 0 Å². The van der Waals surface area contributed by atoms with Crippen LogP contribution in [0.25, 0.3) is 0 Å². The topological polar surface area (TPSA) is 80.3 Å². The summed E-state index contributed by atoms with van der Waals surface area (Å²) in [6, 6.07) is 14.4. The molecule has 2 N–H and O–H groups in total. The van der Waals surface area contributed by atoms with Gasteiger partial charge in [-0.15, -0.1) is 0 Å². The van der Waals surface area contributed by atoms with Crippen molar-refractivity contribution >= 4 is 6.09 Å². The first kappa shape index (κ1) is 19.5. The van der Waals surface area contributed by atoms with Gasteiger partial charge in [-0.25, -0.2) is 4.79 Å². The SMILES string of the molecule is O=C(N[C@H](CN1CCC1)[C@H](O)c1ccc2c(c1)OCCO2)OCc1ccccc1. The summed E-state index contributed by atoms with van der Waals surface area (Å²) in [5, 5.41) is 13.8. The fourth-order valence-electron chi connectivity index (χ4n) is 3.46. The van der Waals surface area contributed by atoms with Crippen LogP contribution >= 0.6 is 0 Å². The van der Waals surface area contributed by atoms with Crippen LogP contribution < -0.4 is 14.8 Å². The maximum atomic E-state index is 12.4. The zero-order valence-electron chi connectivity index (χ0n) is 16.3. The summed E-state index contributed by atoms with van der Waals surface area (Å²) in [7, 11) is 0. The summed E-state index contributed by atoms with van der Waals surface area (Å²) in [5.74, 6) is 1.28. The molecule has 0 aromatic heterocycles. The third-order valence-corrected chi connectivity index (χ3v) is 5.21. The van der Waals surface area contributed by atoms with Crippen molar-refractivity contribution in [3.63, 3.8) is 0 Å². The molecule has 0 bridgehead atoms. The number of nitrogens with zero attached hydrogens (tertiary/aromatic N) is 1. The van der Waals surface area contributed by atoms with Gasteiger partial charge in [0.1, 0.15) is 25.9 Å². The number of benzene rings is 2. The number of hydrogen-bond acceptors (Lipinski definition) is 6. The van der Waals surface area contributed by atoms with Gasteiger partial charge in [0.2, 0.25) is 0 Å². The summed E-state index contributed by atoms with van der Waals surface area (Å²) in [5.41, 5.74) is 1.58. The standard InChI is InChI=1S/C22H26N2O5/c25-21(17-7-8-19-20(13-17)28-12-11-27-19)18(14-24-9-4-10-24)23-22(26)29-15-16-5-2-1-3-6-16/h1-3,5-8,13,18,21,25H,4,9-12,14-15H2,(H,23,26)/t18-,21-/m1/s1. The number of aliphatic hydroxyl groups excluding tert-OH is 1. The van der Waals surface area contributed by atoms with E-state index in [2.05, 4.69) is 10.2 Å². The second-order valence-electron chi connectivity index (χ2n) is 7.31. The maximum absolute atomic E-state index is 12.4. The number of hydrogen-bond donors (Lipinski definition) is 2. The van der Waals surface area contributed by atoms with Crippen molar-refractivity contribution in [3.8, 4) is 11.5 Å². The molecule has 29 heavy (non-hydrogen) atoms. The highest BCUT2D eigenvalue weighted by Gasteiger charge is 2.29. The Morgan fingerprint density at radius 3 is 2.59 bits per heavy atom. The van der Waals surface area contributed by atoms with E-state index >= 15 is 0 Å². The third-order valence-electron chi connectivity index (χ3n) is 5.21. The number of amides is 1. The van der Waals surface area contributed by atoms with Gasteiger partial charge in [0, 0.05) is 6.54 Å². The largest absolute Gasteiger partial charge is 0.486 e. The average Bonchev–Trinajstić information content (AvgIpc) is 2.73. The van der Waals surface area contributed by atoms with E-state index in [0.29, 0.717) is 36.8 Å². The first-order chi connectivity index (χ1) is 14.2. The molecule has 0 spiro atoms. The summed E-state index contributed by atoms with van der Waals surface area (Å²) in [6.07, 6.45) is -0.308. The second kappa shape index (κ2) is 9.15. The first-order valence-corrected chi connectivity index (χ1v) is 9.96. The van der Waals surface area contributed by atoms with Crippen molar-refractivity contribution < 1.29 is 24.1 Å². The lowest BCUT2D eigenvalue weighted by atomic mass is 10.00. The zero-order valence-corrected chi connectivity index (χ0v) is 16.3. The first-order valence-electron chi connectivity index (χ1n) is 9.96. The number of alkyl carbamates (subject to hydrolysis) is 1. The van der Waals surface area contributed by atoms with Gasteiger partial charge in [-0.05, 0) is 42.8 Å². The summed E-state index contributed by atoms with van der Waals surface area (Å²) in [4.78, 5) is 14.6. The van der Waals surface area contributed by atoms with Gasteiger partial charge in [-0.3, -0.25) is 0 Å². The van der Waals surface area contributed by atoms with Crippen LogP contribution in [0.4, 0.5) is 4.79 Å². The summed E-state index contributed by atoms with van der Waals surface area (Å²) >= 11 is 0. The van der Waals surface area contributed by atoms with Crippen molar-refractivity contribution in [3.05, 3.63) is 59.7 Å². The van der Waals surface area contributed by atoms with Gasteiger partial charge in [-0.1, -0.05) is 36.4 Å². The highest BCUT2D eigenvalue weighted by molar-refractivity contribution is 5.67. The normalized spacial score (nSPS) is 17.7. The van der Waals surface area contributed by atoms with Crippen LogP contribution in [-0.4, -0.2) is 55.0 Å². The van der Waals surface area contributed by atoms with Gasteiger partial charge in [-0.2, -0.15) is 0 Å². The summed E-state index contributed by atoms with van der Waals surface area (Å²) < 4.78 is 16.5. The molecule has 0 aliphatic carbocycles. The minimum Gasteiger partial charge on any atom is -0.486 e. The molecular weight excluding hydrogens is 372 g/mol. The molecule has 1 amide bonds. The highest BCUT2D eigenvalue weighted by atomic mass is 16.6. The van der Waals surface area contributed by atoms with E-state index < -0.39 is 18.2 Å². The van der Waals surface area contributed by atoms with Crippen LogP contribution in [0.15, 0.2) is 48.5 Å². The average molecular weight is 398 g/mol. The van der Waals surface area contributed by atoms with Crippen molar-refractivity contribution in [2.45, 2.75) is 25.2 Å². The number of rotatable bonds is 7. The lowest BCUT2D eigenvalue weighted by molar-refractivity contribution is 0.0693. The smallest absolute Gasteiger partial charge is 0.407 e. The molecule has 2 heterocycles. The van der Waals surface area contributed by atoms with E-state index in [1.807, 2.05) is 30.3 Å². The molecule has 7 heteroatoms. The molecule has 4 rings (SSSR count). The van der Waals surface area contributed by atoms with Gasteiger partial charge < -0.3 is 29.5 Å². The minimum absolute atomic E-state index is 0.184. The Balaban J connectivity index is 1.42. The fraction of sp³-hybridized carbons (Fsp3) is 0.409. The van der Waals surface area contributed by atoms with Gasteiger partial charge in [0.05, 0.1) is 6.04 Å². The predicted octanol–water partition coefficient (Wildman–Crippen LogP) is 2.49. The second-order valence-corrected chi connectivity index (χ2v) is 7.31. The molecule has 2 aliphatic heterocycles. The van der Waals surface area contributed by atoms with Crippen LogP contribution in [0, 0.1) is 0 Å². The van der Waals surface area contributed by atoms with E-state index in [1.165, 1.54) is 0 Å². The predicted molar refractivity (Wildman–Crippen MR) is 107 cm³/mol. The Kier molecular flexibility index (Phi) is 6.17. The van der Waals surface area contributed by atoms with E-state index in [1.54, 1.807) is 18.2 Å². The highest BCUT2D eigenvalue weighted by Crippen LogP contribution is 2.33. The number of carbonyl (C=O) groups is 1. The van der Waals surface area contributed by atoms with E-state index in [9.17, 15) is 9.90 Å². The Hall–Kier alpha value is -2.77. The Morgan fingerprint density at radius 1 is 1.10 bits per heavy atom. The molecule has 2 atom stereocenters. The van der Waals surface area contributed by atoms with Crippen LogP contribution in [0.5, 0.6) is 11.5 Å². The number of aliphatic hydroxyl groups is 1. The van der Waals surface area contributed by atoms with E-state index in [-0.39, 0.29) is 6.61 Å². The molecule has 0 saturated carbocycles. The quantitative estimate of drug-likeness (QED) is 0.746. The van der Waals surface area contributed by atoms with Gasteiger partial charge in [0.25, 0.3) is 0 Å². The van der Waals surface area contributed by atoms with Crippen LogP contribution in [0.3, 0.4) is 0 Å². The van der Waals surface area contributed by atoms with Crippen molar-refractivity contribution in [2.24, 2.45) is 0 Å². The van der Waals surface area contributed by atoms with E-state index in [0.717, 1.165) is 25.1 Å². The number of nitrogens with one attached hydrogen (secondary N) is 1. The molecule has 0 radical (unpaired) electrons. The molecular formula is C22H26N2O5. The van der Waals surface area contributed by atoms with Gasteiger partial charge >= 0.3 is 6.09 Å². The minimum atomic E-state index is -0.893. The van der Waals surface area contributed by atoms with Crippen molar-refractivity contribution in [2.75, 3.05) is 32.8 Å². The molecule has 2 aromatic carbocycles. The molecule has 2 aliphatic rings. The lowest BCUT2D eigenvalue weighted by Gasteiger charge is -2.36. The fourth-order valence-corrected chi connectivity index (χ4v) is 3.46. The maximum Gasteiger partial charge on any atom is 0.407 e. The Bertz CT molecular complexity index is 825. The molecule has 7 nitrogen and oxygen atoms in total. The molecule has 0 unspecified atom stereocenters. The van der Waals surface area contributed by atoms with Crippen LogP contribution in [-0.2, 0) is 11.3 Å². The third kappa shape index (κ3) is 4.99. The Labute approximate surface area is 170 Å². The molecule has 1 fully saturated rings.